The Bertz CT molecular complexity index is 2090. The van der Waals surface area contributed by atoms with Crippen LogP contribution in [0.15, 0.2) is 84.9 Å². The van der Waals surface area contributed by atoms with Gasteiger partial charge in [-0.15, -0.1) is 0 Å². The number of aliphatic carboxylic acids is 4. The maximum atomic E-state index is 13.0. The van der Waals surface area contributed by atoms with E-state index in [0.717, 1.165) is 24.3 Å². The molecule has 4 aromatic carbocycles. The Morgan fingerprint density at radius 2 is 0.882 bits per heavy atom. The molecule has 4 N–H and O–H groups in total. The quantitative estimate of drug-likeness (QED) is 0.121. The maximum absolute atomic E-state index is 13.0. The minimum atomic E-state index is -3.90. The first kappa shape index (κ1) is 33.5. The van der Waals surface area contributed by atoms with E-state index in [9.17, 15) is 58.8 Å². The number of rotatable bonds is 12. The number of carboxylic acids is 4. The van der Waals surface area contributed by atoms with Gasteiger partial charge in [0.1, 0.15) is 23.0 Å². The van der Waals surface area contributed by atoms with E-state index in [1.54, 1.807) is 0 Å². The number of cyclic esters (lactones) is 4. The van der Waals surface area contributed by atoms with E-state index in [4.69, 9.17) is 9.47 Å². The first-order chi connectivity index (χ1) is 24.2. The Morgan fingerprint density at radius 1 is 0.510 bits per heavy atom. The maximum Gasteiger partial charge on any atom is 0.347 e. The summed E-state index contributed by atoms with van der Waals surface area (Å²) in [5.74, 6) is -13.1. The van der Waals surface area contributed by atoms with Crippen molar-refractivity contribution in [2.24, 2.45) is 5.41 Å². The van der Waals surface area contributed by atoms with Crippen LogP contribution in [0.25, 0.3) is 0 Å². The molecule has 256 valence electrons. The molecule has 2 aliphatic rings. The zero-order valence-electron chi connectivity index (χ0n) is 25.5. The third-order valence-electron chi connectivity index (χ3n) is 8.38. The molecule has 0 aliphatic carbocycles. The van der Waals surface area contributed by atoms with E-state index in [1.807, 2.05) is 0 Å². The van der Waals surface area contributed by atoms with Crippen LogP contribution in [0.4, 0.5) is 0 Å². The van der Waals surface area contributed by atoms with Gasteiger partial charge in [-0.2, -0.15) is 0 Å². The molecule has 4 aromatic rings. The summed E-state index contributed by atoms with van der Waals surface area (Å²) in [6.07, 6.45) is -1.41. The summed E-state index contributed by atoms with van der Waals surface area (Å²) in [6, 6.07) is 16.8. The van der Waals surface area contributed by atoms with Gasteiger partial charge in [-0.1, -0.05) is 24.3 Å². The van der Waals surface area contributed by atoms with Crippen LogP contribution in [-0.2, 0) is 34.1 Å². The second kappa shape index (κ2) is 12.3. The predicted octanol–water partition coefficient (Wildman–Crippen LogP) is 3.89. The highest BCUT2D eigenvalue weighted by atomic mass is 16.6. The Balaban J connectivity index is 1.53. The van der Waals surface area contributed by atoms with Crippen LogP contribution in [0.1, 0.15) is 59.0 Å². The third kappa shape index (κ3) is 5.36. The van der Waals surface area contributed by atoms with Gasteiger partial charge >= 0.3 is 47.8 Å². The van der Waals surface area contributed by atoms with Crippen LogP contribution in [0.3, 0.4) is 0 Å². The van der Waals surface area contributed by atoms with Gasteiger partial charge in [0.05, 0.1) is 34.1 Å². The number of benzene rings is 4. The second-order valence-corrected chi connectivity index (χ2v) is 11.2. The van der Waals surface area contributed by atoms with Gasteiger partial charge in [-0.25, -0.2) is 19.2 Å². The number of hydrogen-bond acceptors (Lipinski definition) is 12. The summed E-state index contributed by atoms with van der Waals surface area (Å²) < 4.78 is 20.8. The van der Waals surface area contributed by atoms with Crippen molar-refractivity contribution in [2.45, 2.75) is 11.8 Å². The van der Waals surface area contributed by atoms with Crippen LogP contribution in [0, 0.1) is 5.41 Å². The highest BCUT2D eigenvalue weighted by Crippen LogP contribution is 2.52. The van der Waals surface area contributed by atoms with Crippen LogP contribution in [0.2, 0.25) is 0 Å². The van der Waals surface area contributed by atoms with Gasteiger partial charge in [-0.3, -0.25) is 19.2 Å². The molecule has 51 heavy (non-hydrogen) atoms. The normalized spacial score (nSPS) is 13.5. The number of hydrogen-bond donors (Lipinski definition) is 4. The molecule has 2 heterocycles. The fraction of sp³-hybridized carbons (Fsp3) is 0.0857. The molecule has 0 unspecified atom stereocenters. The molecule has 0 radical (unpaired) electrons. The molecule has 16 nitrogen and oxygen atoms in total. The molecular weight excluding hydrogens is 676 g/mol. The summed E-state index contributed by atoms with van der Waals surface area (Å²) in [6.45, 7) is 0. The van der Waals surface area contributed by atoms with Crippen molar-refractivity contribution >= 4 is 47.8 Å². The summed E-state index contributed by atoms with van der Waals surface area (Å²) in [4.78, 5) is 99.5. The average molecular weight is 697 g/mol. The number of fused-ring (bicyclic) bond motifs is 2. The van der Waals surface area contributed by atoms with Gasteiger partial charge in [0.25, 0.3) is 5.41 Å². The monoisotopic (exact) mass is 696 g/mol. The number of carboxylic acid groups (broad SMARTS) is 4. The van der Waals surface area contributed by atoms with E-state index in [2.05, 4.69) is 9.47 Å². The van der Waals surface area contributed by atoms with Gasteiger partial charge in [0.2, 0.25) is 0 Å². The molecule has 0 amide bonds. The van der Waals surface area contributed by atoms with Crippen molar-refractivity contribution in [3.8, 4) is 23.0 Å². The highest BCUT2D eigenvalue weighted by molar-refractivity contribution is 6.19. The summed E-state index contributed by atoms with van der Waals surface area (Å²) >= 11 is 0. The third-order valence-corrected chi connectivity index (χ3v) is 8.38. The molecule has 0 saturated carbocycles. The molecule has 0 bridgehead atoms. The lowest BCUT2D eigenvalue weighted by Gasteiger charge is -2.42. The van der Waals surface area contributed by atoms with E-state index in [0.29, 0.717) is 0 Å². The Hall–Kier alpha value is -7.36. The SMILES string of the molecule is O=C(O)CC(c1cccc(Oc2ccc3c(c2)C(=O)OC3=O)c1)(c1cccc(Oc2ccc3c(c2)C(=O)OC3=O)c1)C(C(=O)O)(C(=O)O)C(=O)O. The number of carbonyl (C=O) groups is 8. The lowest BCUT2D eigenvalue weighted by Crippen LogP contribution is -2.62. The zero-order chi connectivity index (χ0) is 36.8. The van der Waals surface area contributed by atoms with Crippen molar-refractivity contribution in [3.05, 3.63) is 118 Å². The van der Waals surface area contributed by atoms with Crippen molar-refractivity contribution in [1.29, 1.82) is 0 Å². The molecule has 0 spiro atoms. The smallest absolute Gasteiger partial charge is 0.347 e. The Morgan fingerprint density at radius 3 is 1.25 bits per heavy atom. The van der Waals surface area contributed by atoms with Gasteiger partial charge in [-0.05, 0) is 71.8 Å². The highest BCUT2D eigenvalue weighted by Gasteiger charge is 2.70. The van der Waals surface area contributed by atoms with Crippen molar-refractivity contribution in [1.82, 2.24) is 0 Å². The molecule has 2 aliphatic heterocycles. The molecule has 0 fully saturated rings. The topological polar surface area (TPSA) is 254 Å². The lowest BCUT2D eigenvalue weighted by molar-refractivity contribution is -0.181. The van der Waals surface area contributed by atoms with Crippen molar-refractivity contribution in [2.75, 3.05) is 0 Å². The zero-order valence-corrected chi connectivity index (χ0v) is 25.5. The summed E-state index contributed by atoms with van der Waals surface area (Å²) in [5.41, 5.74) is -8.07. The van der Waals surface area contributed by atoms with E-state index in [-0.39, 0.29) is 45.3 Å². The Kier molecular flexibility index (Phi) is 8.07. The summed E-state index contributed by atoms with van der Waals surface area (Å²) in [5, 5.41) is 41.5. The predicted molar refractivity (Wildman–Crippen MR) is 164 cm³/mol. The molecule has 0 saturated heterocycles. The van der Waals surface area contributed by atoms with E-state index < -0.39 is 76.1 Å². The van der Waals surface area contributed by atoms with Crippen LogP contribution >= 0.6 is 0 Å². The lowest BCUT2D eigenvalue weighted by atomic mass is 9.54. The van der Waals surface area contributed by atoms with E-state index >= 15 is 0 Å². The fourth-order valence-electron chi connectivity index (χ4n) is 6.16. The average Bonchev–Trinajstić information content (AvgIpc) is 3.51. The van der Waals surface area contributed by atoms with Crippen molar-refractivity contribution < 1.29 is 77.7 Å². The minimum Gasteiger partial charge on any atom is -0.481 e. The number of esters is 4. The number of ether oxygens (including phenoxy) is 4. The Labute approximate surface area is 284 Å². The fourth-order valence-corrected chi connectivity index (χ4v) is 6.16. The molecule has 0 atom stereocenters. The largest absolute Gasteiger partial charge is 0.481 e. The molecule has 16 heteroatoms. The van der Waals surface area contributed by atoms with Crippen LogP contribution in [-0.4, -0.2) is 68.2 Å². The first-order valence-corrected chi connectivity index (χ1v) is 14.5. The van der Waals surface area contributed by atoms with Gasteiger partial charge in [0, 0.05) is 0 Å². The van der Waals surface area contributed by atoms with E-state index in [1.165, 1.54) is 60.7 Å². The van der Waals surface area contributed by atoms with Crippen LogP contribution < -0.4 is 9.47 Å². The molecule has 0 aromatic heterocycles. The van der Waals surface area contributed by atoms with Gasteiger partial charge in [0.15, 0.2) is 0 Å². The van der Waals surface area contributed by atoms with Gasteiger partial charge < -0.3 is 39.4 Å². The first-order valence-electron chi connectivity index (χ1n) is 14.5. The molecular formula is C35H20O16. The van der Waals surface area contributed by atoms with Crippen molar-refractivity contribution in [3.63, 3.8) is 0 Å². The minimum absolute atomic E-state index is 0.0360. The van der Waals surface area contributed by atoms with Crippen LogP contribution in [0.5, 0.6) is 23.0 Å². The summed E-state index contributed by atoms with van der Waals surface area (Å²) in [7, 11) is 0. The number of carbonyl (C=O) groups excluding carboxylic acids is 4. The molecule has 6 rings (SSSR count). The standard InChI is InChI=1S/C35H20O16/c36-26(37)15-34(35(31(42)43,32(44)45)33(46)47,16-3-1-5-18(11-16)48-20-7-9-22-24(13-20)29(40)50-27(22)38)17-4-2-6-19(12-17)49-21-8-10-23-25(14-21)30(41)51-28(23)39/h1-14H,15H2,(H,36,37)(H,42,43)(H,44,45)(H,46,47). The second-order valence-electron chi connectivity index (χ2n) is 11.2.